The smallest absolute Gasteiger partial charge is 0.497 e. The Morgan fingerprint density at radius 3 is 1.65 bits per heavy atom. The van der Waals surface area contributed by atoms with Gasteiger partial charge in [-0.2, -0.15) is 43.9 Å². The molecule has 0 aromatic heterocycles. The highest BCUT2D eigenvalue weighted by atomic mass is 19.4. The number of ether oxygens (including phenoxy) is 4. The van der Waals surface area contributed by atoms with Crippen molar-refractivity contribution in [3.8, 4) is 11.5 Å². The molecule has 2 aromatic rings. The van der Waals surface area contributed by atoms with Crippen LogP contribution in [0.1, 0.15) is 15.9 Å². The quantitative estimate of drug-likeness (QED) is 0.279. The van der Waals surface area contributed by atoms with Gasteiger partial charge in [-0.1, -0.05) is 12.1 Å². The minimum Gasteiger partial charge on any atom is -0.497 e. The molecular weight excluding hydrogens is 593 g/mol. The predicted octanol–water partition coefficient (Wildman–Crippen LogP) is 7.01. The maximum Gasteiger partial charge on any atom is 0.527 e. The zero-order valence-corrected chi connectivity index (χ0v) is 19.5. The van der Waals surface area contributed by atoms with E-state index in [0.717, 1.165) is 18.2 Å². The SMILES string of the molecule is COc1cc(OC)cc(C(=O)Nc2cccc(C(F)(F)C(F)(F)OC(F)(F)C(F)(F)C(F)(F)OC(F)(F)F)c2)c1. The number of hydrogen-bond acceptors (Lipinski definition) is 5. The van der Waals surface area contributed by atoms with Gasteiger partial charge in [-0.05, 0) is 24.3 Å². The van der Waals surface area contributed by atoms with Gasteiger partial charge >= 0.3 is 36.5 Å². The van der Waals surface area contributed by atoms with Crippen LogP contribution in [0.15, 0.2) is 42.5 Å². The van der Waals surface area contributed by atoms with E-state index in [0.29, 0.717) is 6.07 Å². The second-order valence-electron chi connectivity index (χ2n) is 7.49. The summed E-state index contributed by atoms with van der Waals surface area (Å²) in [6.07, 6.45) is -28.0. The molecule has 0 atom stereocenters. The third-order valence-corrected chi connectivity index (χ3v) is 4.69. The molecule has 0 fully saturated rings. The number of alkyl halides is 13. The Balaban J connectivity index is 2.35. The van der Waals surface area contributed by atoms with Gasteiger partial charge in [0.15, 0.2) is 0 Å². The molecule has 1 N–H and O–H groups in total. The number of benzene rings is 2. The van der Waals surface area contributed by atoms with Crippen molar-refractivity contribution in [2.24, 2.45) is 0 Å². The van der Waals surface area contributed by atoms with E-state index in [9.17, 15) is 61.9 Å². The van der Waals surface area contributed by atoms with Gasteiger partial charge in [0, 0.05) is 22.9 Å². The van der Waals surface area contributed by atoms with Gasteiger partial charge < -0.3 is 14.8 Å². The van der Waals surface area contributed by atoms with Crippen LogP contribution in [0.4, 0.5) is 62.8 Å². The van der Waals surface area contributed by atoms with Gasteiger partial charge in [0.1, 0.15) is 11.5 Å². The lowest BCUT2D eigenvalue weighted by Gasteiger charge is -2.35. The van der Waals surface area contributed by atoms with Crippen LogP contribution in [0.25, 0.3) is 0 Å². The molecule has 0 aliphatic heterocycles. The molecule has 2 aromatic carbocycles. The molecule has 224 valence electrons. The molecule has 40 heavy (non-hydrogen) atoms. The summed E-state index contributed by atoms with van der Waals surface area (Å²) in [6.45, 7) is 0. The highest BCUT2D eigenvalue weighted by molar-refractivity contribution is 6.04. The van der Waals surface area contributed by atoms with Gasteiger partial charge in [0.05, 0.1) is 14.2 Å². The maximum atomic E-state index is 14.5. The van der Waals surface area contributed by atoms with E-state index in [1.54, 1.807) is 4.74 Å². The highest BCUT2D eigenvalue weighted by Gasteiger charge is 2.80. The number of rotatable bonds is 11. The Bertz CT molecular complexity index is 1200. The zero-order valence-electron chi connectivity index (χ0n) is 19.5. The normalized spacial score (nSPS) is 13.7. The summed E-state index contributed by atoms with van der Waals surface area (Å²) in [5.41, 5.74) is -2.89. The molecule has 19 heteroatoms. The van der Waals surface area contributed by atoms with Crippen molar-refractivity contribution in [2.75, 3.05) is 19.5 Å². The lowest BCUT2D eigenvalue weighted by Crippen LogP contribution is -2.61. The van der Waals surface area contributed by atoms with E-state index in [2.05, 4.69) is 0 Å². The average Bonchev–Trinajstić information content (AvgIpc) is 2.81. The third-order valence-electron chi connectivity index (χ3n) is 4.69. The fraction of sp³-hybridized carbons (Fsp3) is 0.381. The first kappa shape index (κ1) is 32.7. The molecule has 6 nitrogen and oxygen atoms in total. The number of nitrogens with one attached hydrogen (secondary N) is 1. The number of methoxy groups -OCH3 is 2. The van der Waals surface area contributed by atoms with Crippen molar-refractivity contribution in [3.63, 3.8) is 0 Å². The van der Waals surface area contributed by atoms with E-state index in [-0.39, 0.29) is 29.2 Å². The van der Waals surface area contributed by atoms with Gasteiger partial charge in [0.25, 0.3) is 5.91 Å². The number of carbonyl (C=O) groups excluding carboxylic acids is 1. The Morgan fingerprint density at radius 1 is 0.675 bits per heavy atom. The molecule has 1 amide bonds. The lowest BCUT2D eigenvalue weighted by atomic mass is 10.1. The Labute approximate surface area is 214 Å². The average molecular weight is 607 g/mol. The Hall–Kier alpha value is -3.48. The van der Waals surface area contributed by atoms with E-state index in [1.165, 1.54) is 20.3 Å². The van der Waals surface area contributed by atoms with Crippen molar-refractivity contribution in [1.82, 2.24) is 0 Å². The zero-order chi connectivity index (χ0) is 30.9. The molecule has 0 spiro atoms. The van der Waals surface area contributed by atoms with Crippen LogP contribution >= 0.6 is 0 Å². The maximum absolute atomic E-state index is 14.5. The second kappa shape index (κ2) is 10.8. The topological polar surface area (TPSA) is 66.0 Å². The van der Waals surface area contributed by atoms with Crippen molar-refractivity contribution in [1.29, 1.82) is 0 Å². The van der Waals surface area contributed by atoms with Gasteiger partial charge in [-0.25, -0.2) is 9.47 Å². The molecule has 2 rings (SSSR count). The van der Waals surface area contributed by atoms with Crippen molar-refractivity contribution in [2.45, 2.75) is 36.5 Å². The summed E-state index contributed by atoms with van der Waals surface area (Å²) in [5, 5.41) is 1.98. The molecule has 0 bridgehead atoms. The number of halogens is 13. The van der Waals surface area contributed by atoms with E-state index < -0.39 is 53.7 Å². The van der Waals surface area contributed by atoms with Crippen LogP contribution in [-0.2, 0) is 15.4 Å². The molecule has 0 aliphatic carbocycles. The van der Waals surface area contributed by atoms with Crippen LogP contribution in [-0.4, -0.2) is 50.7 Å². The van der Waals surface area contributed by atoms with Crippen molar-refractivity contribution in [3.05, 3.63) is 53.6 Å². The first-order valence-electron chi connectivity index (χ1n) is 10.0. The fourth-order valence-electron chi connectivity index (χ4n) is 2.77. The summed E-state index contributed by atoms with van der Waals surface area (Å²) in [6, 6.07) is 5.20. The number of hydrogen-bond donors (Lipinski definition) is 1. The van der Waals surface area contributed by atoms with Gasteiger partial charge in [-0.15, -0.1) is 13.2 Å². The lowest BCUT2D eigenvalue weighted by molar-refractivity contribution is -0.535. The summed E-state index contributed by atoms with van der Waals surface area (Å²) < 4.78 is 186. The summed E-state index contributed by atoms with van der Waals surface area (Å²) in [4.78, 5) is 12.5. The summed E-state index contributed by atoms with van der Waals surface area (Å²) in [5.74, 6) is -14.5. The minimum atomic E-state index is -7.54. The second-order valence-corrected chi connectivity index (χ2v) is 7.49. The molecule has 0 heterocycles. The van der Waals surface area contributed by atoms with Gasteiger partial charge in [-0.3, -0.25) is 4.79 Å². The molecule has 0 radical (unpaired) electrons. The van der Waals surface area contributed by atoms with Crippen LogP contribution in [0.3, 0.4) is 0 Å². The minimum absolute atomic E-state index is 0.0597. The highest BCUT2D eigenvalue weighted by Crippen LogP contribution is 2.54. The summed E-state index contributed by atoms with van der Waals surface area (Å²) in [7, 11) is 2.43. The number of amides is 1. The largest absolute Gasteiger partial charge is 0.527 e. The van der Waals surface area contributed by atoms with E-state index >= 15 is 0 Å². The monoisotopic (exact) mass is 607 g/mol. The third kappa shape index (κ3) is 6.80. The number of carbonyl (C=O) groups is 1. The van der Waals surface area contributed by atoms with E-state index in [4.69, 9.17) is 9.47 Å². The van der Waals surface area contributed by atoms with E-state index in [1.807, 2.05) is 10.1 Å². The predicted molar refractivity (Wildman–Crippen MR) is 106 cm³/mol. The Morgan fingerprint density at radius 2 is 1.18 bits per heavy atom. The first-order chi connectivity index (χ1) is 18.0. The molecule has 0 unspecified atom stereocenters. The standard InChI is InChI=1S/C21H14F13NO5/c1-37-13-6-10(7-14(9-13)38-2)15(36)35-12-5-3-4-11(8-12)16(22,23)18(26,27)39-19(28,29)17(24,25)20(30,31)40-21(32,33)34/h3-9H,1-2H3,(H,35,36). The van der Waals surface area contributed by atoms with Crippen LogP contribution in [0.5, 0.6) is 11.5 Å². The summed E-state index contributed by atoms with van der Waals surface area (Å²) >= 11 is 0. The Kier molecular flexibility index (Phi) is 8.86. The fourth-order valence-corrected chi connectivity index (χ4v) is 2.77. The van der Waals surface area contributed by atoms with Crippen molar-refractivity contribution < 1.29 is 80.8 Å². The molecular formula is C21H14F13NO5. The molecule has 0 aliphatic rings. The number of anilines is 1. The van der Waals surface area contributed by atoms with Crippen LogP contribution < -0.4 is 14.8 Å². The first-order valence-corrected chi connectivity index (χ1v) is 10.0. The van der Waals surface area contributed by atoms with Crippen molar-refractivity contribution >= 4 is 11.6 Å². The molecule has 0 saturated heterocycles. The van der Waals surface area contributed by atoms with Crippen LogP contribution in [0.2, 0.25) is 0 Å². The molecule has 0 saturated carbocycles. The van der Waals surface area contributed by atoms with Crippen LogP contribution in [0, 0.1) is 0 Å². The van der Waals surface area contributed by atoms with Gasteiger partial charge in [0.2, 0.25) is 0 Å².